The Balaban J connectivity index is 1.68. The van der Waals surface area contributed by atoms with Crippen molar-refractivity contribution in [3.8, 4) is 5.75 Å². The van der Waals surface area contributed by atoms with E-state index in [4.69, 9.17) is 13.9 Å². The number of fused-ring (bicyclic) bond motifs is 1. The number of halogens is 1. The number of hydrogen-bond acceptors (Lipinski definition) is 4. The minimum absolute atomic E-state index is 0.195. The number of carbonyl (C=O) groups excluding carboxylic acids is 1. The molecule has 0 amide bonds. The number of hydrogen-bond donors (Lipinski definition) is 0. The van der Waals surface area contributed by atoms with Crippen LogP contribution in [0.1, 0.15) is 24.7 Å². The van der Waals surface area contributed by atoms with E-state index in [1.54, 1.807) is 6.92 Å². The number of ether oxygens (including phenoxy) is 2. The predicted octanol–water partition coefficient (Wildman–Crippen LogP) is 5.27. The first-order valence-corrected chi connectivity index (χ1v) is 9.00. The van der Waals surface area contributed by atoms with E-state index < -0.39 is 0 Å². The standard InChI is InChI=1S/C20H19BrO4/c1-2-23-19(22)11-10-14-6-3-4-9-18(14)24-13-16-12-15-7-5-8-17(21)20(15)25-16/h3-9,12H,2,10-11,13H2,1H3. The Labute approximate surface area is 154 Å². The predicted molar refractivity (Wildman–Crippen MR) is 99.6 cm³/mol. The summed E-state index contributed by atoms with van der Waals surface area (Å²) in [6, 6.07) is 15.6. The summed E-state index contributed by atoms with van der Waals surface area (Å²) in [6.45, 7) is 2.54. The molecule has 0 aliphatic carbocycles. The van der Waals surface area contributed by atoms with Gasteiger partial charge >= 0.3 is 5.97 Å². The molecule has 0 fully saturated rings. The van der Waals surface area contributed by atoms with Crippen molar-refractivity contribution in [1.82, 2.24) is 0 Å². The average Bonchev–Trinajstić information content (AvgIpc) is 3.04. The molecule has 0 N–H and O–H groups in total. The van der Waals surface area contributed by atoms with Gasteiger partial charge in [0, 0.05) is 11.8 Å². The summed E-state index contributed by atoms with van der Waals surface area (Å²) in [6.07, 6.45) is 0.923. The topological polar surface area (TPSA) is 48.7 Å². The van der Waals surface area contributed by atoms with Crippen LogP contribution in [0, 0.1) is 0 Å². The fourth-order valence-corrected chi connectivity index (χ4v) is 3.08. The van der Waals surface area contributed by atoms with Crippen molar-refractivity contribution in [2.24, 2.45) is 0 Å². The average molecular weight is 403 g/mol. The maximum absolute atomic E-state index is 11.6. The Morgan fingerprint density at radius 1 is 1.16 bits per heavy atom. The SMILES string of the molecule is CCOC(=O)CCc1ccccc1OCc1cc2cccc(Br)c2o1. The molecule has 1 heterocycles. The molecule has 0 aliphatic heterocycles. The number of para-hydroxylation sites is 2. The first kappa shape index (κ1) is 17.5. The summed E-state index contributed by atoms with van der Waals surface area (Å²) in [4.78, 5) is 11.6. The van der Waals surface area contributed by atoms with Gasteiger partial charge in [-0.05, 0) is 53.0 Å². The number of carbonyl (C=O) groups is 1. The lowest BCUT2D eigenvalue weighted by Gasteiger charge is -2.10. The molecule has 25 heavy (non-hydrogen) atoms. The molecule has 5 heteroatoms. The summed E-state index contributed by atoms with van der Waals surface area (Å²) in [7, 11) is 0. The highest BCUT2D eigenvalue weighted by atomic mass is 79.9. The van der Waals surface area contributed by atoms with Crippen LogP contribution in [0.15, 0.2) is 57.4 Å². The second kappa shape index (κ2) is 8.21. The van der Waals surface area contributed by atoms with Crippen LogP contribution in [0.4, 0.5) is 0 Å². The first-order chi connectivity index (χ1) is 12.2. The van der Waals surface area contributed by atoms with Crippen molar-refractivity contribution in [3.05, 3.63) is 64.3 Å². The Morgan fingerprint density at radius 2 is 2.00 bits per heavy atom. The van der Waals surface area contributed by atoms with Gasteiger partial charge < -0.3 is 13.9 Å². The number of benzene rings is 2. The second-order valence-corrected chi connectivity index (χ2v) is 6.43. The molecule has 1 aromatic heterocycles. The van der Waals surface area contributed by atoms with Gasteiger partial charge in [0.2, 0.25) is 0 Å². The number of furan rings is 1. The minimum Gasteiger partial charge on any atom is -0.485 e. The number of rotatable bonds is 7. The van der Waals surface area contributed by atoms with E-state index in [0.29, 0.717) is 26.1 Å². The third kappa shape index (κ3) is 4.42. The van der Waals surface area contributed by atoms with E-state index in [0.717, 1.165) is 32.5 Å². The third-order valence-corrected chi connectivity index (χ3v) is 4.42. The van der Waals surface area contributed by atoms with Crippen molar-refractivity contribution >= 4 is 32.9 Å². The first-order valence-electron chi connectivity index (χ1n) is 8.20. The Kier molecular flexibility index (Phi) is 5.76. The molecule has 0 unspecified atom stereocenters. The highest BCUT2D eigenvalue weighted by molar-refractivity contribution is 9.10. The lowest BCUT2D eigenvalue weighted by atomic mass is 10.1. The molecule has 0 atom stereocenters. The van der Waals surface area contributed by atoms with E-state index >= 15 is 0 Å². The molecule has 0 aliphatic rings. The van der Waals surface area contributed by atoms with E-state index in [2.05, 4.69) is 15.9 Å². The molecule has 130 valence electrons. The van der Waals surface area contributed by atoms with Crippen LogP contribution in [0.3, 0.4) is 0 Å². The van der Waals surface area contributed by atoms with Gasteiger partial charge in [-0.2, -0.15) is 0 Å². The maximum atomic E-state index is 11.6. The van der Waals surface area contributed by atoms with Crippen molar-refractivity contribution in [2.75, 3.05) is 6.61 Å². The van der Waals surface area contributed by atoms with Gasteiger partial charge in [-0.25, -0.2) is 0 Å². The molecule has 0 bridgehead atoms. The summed E-state index contributed by atoms with van der Waals surface area (Å²) >= 11 is 3.49. The van der Waals surface area contributed by atoms with E-state index in [-0.39, 0.29) is 5.97 Å². The van der Waals surface area contributed by atoms with E-state index in [1.807, 2.05) is 48.5 Å². The smallest absolute Gasteiger partial charge is 0.306 e. The second-order valence-electron chi connectivity index (χ2n) is 5.57. The van der Waals surface area contributed by atoms with Crippen molar-refractivity contribution in [2.45, 2.75) is 26.4 Å². The largest absolute Gasteiger partial charge is 0.485 e. The highest BCUT2D eigenvalue weighted by Gasteiger charge is 2.10. The van der Waals surface area contributed by atoms with Gasteiger partial charge in [-0.15, -0.1) is 0 Å². The minimum atomic E-state index is -0.195. The third-order valence-electron chi connectivity index (χ3n) is 3.79. The molecule has 0 saturated carbocycles. The van der Waals surface area contributed by atoms with E-state index in [9.17, 15) is 4.79 Å². The van der Waals surface area contributed by atoms with Crippen LogP contribution in [0.5, 0.6) is 5.75 Å². The van der Waals surface area contributed by atoms with E-state index in [1.165, 1.54) is 0 Å². The van der Waals surface area contributed by atoms with Crippen molar-refractivity contribution < 1.29 is 18.7 Å². The van der Waals surface area contributed by atoms with Gasteiger partial charge in [0.05, 0.1) is 11.1 Å². The quantitative estimate of drug-likeness (QED) is 0.505. The van der Waals surface area contributed by atoms with Gasteiger partial charge in [0.1, 0.15) is 23.7 Å². The Bertz CT molecular complexity index is 869. The highest BCUT2D eigenvalue weighted by Crippen LogP contribution is 2.28. The fraction of sp³-hybridized carbons (Fsp3) is 0.250. The molecule has 4 nitrogen and oxygen atoms in total. The molecule has 0 radical (unpaired) electrons. The molecule has 0 saturated heterocycles. The molecule has 3 aromatic rings. The maximum Gasteiger partial charge on any atom is 0.306 e. The molecular formula is C20H19BrO4. The lowest BCUT2D eigenvalue weighted by Crippen LogP contribution is -2.06. The molecule has 2 aromatic carbocycles. The molecular weight excluding hydrogens is 384 g/mol. The normalized spacial score (nSPS) is 10.8. The summed E-state index contributed by atoms with van der Waals surface area (Å²) in [5.41, 5.74) is 1.80. The number of esters is 1. The summed E-state index contributed by atoms with van der Waals surface area (Å²) in [5.74, 6) is 1.31. The van der Waals surface area contributed by atoms with Gasteiger partial charge in [0.15, 0.2) is 0 Å². The van der Waals surface area contributed by atoms with Crippen molar-refractivity contribution in [3.63, 3.8) is 0 Å². The fourth-order valence-electron chi connectivity index (χ4n) is 2.62. The van der Waals surface area contributed by atoms with Crippen LogP contribution < -0.4 is 4.74 Å². The Hall–Kier alpha value is -2.27. The zero-order valence-corrected chi connectivity index (χ0v) is 15.5. The molecule has 0 spiro atoms. The zero-order valence-electron chi connectivity index (χ0n) is 14.0. The van der Waals surface area contributed by atoms with Crippen LogP contribution in [-0.2, 0) is 22.6 Å². The van der Waals surface area contributed by atoms with Crippen LogP contribution in [-0.4, -0.2) is 12.6 Å². The van der Waals surface area contributed by atoms with Crippen LogP contribution >= 0.6 is 15.9 Å². The van der Waals surface area contributed by atoms with Crippen LogP contribution in [0.25, 0.3) is 11.0 Å². The monoisotopic (exact) mass is 402 g/mol. The summed E-state index contributed by atoms with van der Waals surface area (Å²) < 4.78 is 17.7. The van der Waals surface area contributed by atoms with Gasteiger partial charge in [-0.1, -0.05) is 30.3 Å². The van der Waals surface area contributed by atoms with Gasteiger partial charge in [-0.3, -0.25) is 4.79 Å². The Morgan fingerprint density at radius 3 is 2.80 bits per heavy atom. The molecule has 3 rings (SSSR count). The lowest BCUT2D eigenvalue weighted by molar-refractivity contribution is -0.143. The van der Waals surface area contributed by atoms with Crippen molar-refractivity contribution in [1.29, 1.82) is 0 Å². The summed E-state index contributed by atoms with van der Waals surface area (Å²) in [5, 5.41) is 1.03. The van der Waals surface area contributed by atoms with Crippen LogP contribution in [0.2, 0.25) is 0 Å². The zero-order chi connectivity index (χ0) is 17.6. The van der Waals surface area contributed by atoms with Gasteiger partial charge in [0.25, 0.3) is 0 Å². The number of aryl methyl sites for hydroxylation is 1.